The Morgan fingerprint density at radius 1 is 1.18 bits per heavy atom. The maximum Gasteiger partial charge on any atom is 0.260 e. The van der Waals surface area contributed by atoms with Gasteiger partial charge in [0.15, 0.2) is 0 Å². The molecule has 0 aliphatic carbocycles. The van der Waals surface area contributed by atoms with Crippen molar-refractivity contribution >= 4 is 39.4 Å². The van der Waals surface area contributed by atoms with Crippen molar-refractivity contribution in [2.24, 2.45) is 0 Å². The van der Waals surface area contributed by atoms with Crippen LogP contribution in [-0.2, 0) is 16.1 Å². The molecule has 39 heavy (non-hydrogen) atoms. The summed E-state index contributed by atoms with van der Waals surface area (Å²) in [4.78, 5) is 34.5. The number of rotatable bonds is 10. The topological polar surface area (TPSA) is 119 Å². The van der Waals surface area contributed by atoms with Crippen molar-refractivity contribution in [1.82, 2.24) is 29.3 Å². The first-order valence-electron chi connectivity index (χ1n) is 13.1. The van der Waals surface area contributed by atoms with Crippen molar-refractivity contribution < 1.29 is 14.3 Å². The maximum absolute atomic E-state index is 13.3. The van der Waals surface area contributed by atoms with E-state index >= 15 is 0 Å². The van der Waals surface area contributed by atoms with Crippen LogP contribution in [0.3, 0.4) is 0 Å². The molecule has 4 aromatic rings. The number of carbonyl (C=O) groups is 2. The molecule has 1 saturated heterocycles. The van der Waals surface area contributed by atoms with Crippen LogP contribution in [0.2, 0.25) is 0 Å². The van der Waals surface area contributed by atoms with Crippen LogP contribution in [0.1, 0.15) is 49.2 Å². The number of amides is 2. The normalized spacial score (nSPS) is 15.9. The SMILES string of the molecule is COCCn1cc(-c2cn3ncc(C(=O)Nc4cc(NC(=O)C[C@@H]5CCCN5C(C)C)cnc4C)c3s2)cn1. The van der Waals surface area contributed by atoms with E-state index in [-0.39, 0.29) is 17.9 Å². The van der Waals surface area contributed by atoms with Crippen molar-refractivity contribution in [3.05, 3.63) is 48.3 Å². The van der Waals surface area contributed by atoms with Crippen molar-refractivity contribution in [3.8, 4) is 10.4 Å². The first-order valence-corrected chi connectivity index (χ1v) is 14.0. The molecule has 0 unspecified atom stereocenters. The first-order chi connectivity index (χ1) is 18.8. The van der Waals surface area contributed by atoms with Crippen LogP contribution < -0.4 is 10.6 Å². The molecule has 5 heterocycles. The maximum atomic E-state index is 13.3. The van der Waals surface area contributed by atoms with E-state index in [1.165, 1.54) is 11.3 Å². The minimum absolute atomic E-state index is 0.0505. The van der Waals surface area contributed by atoms with Crippen LogP contribution >= 0.6 is 11.3 Å². The van der Waals surface area contributed by atoms with Gasteiger partial charge >= 0.3 is 0 Å². The molecule has 11 nitrogen and oxygen atoms in total. The van der Waals surface area contributed by atoms with Crippen LogP contribution in [0.25, 0.3) is 15.3 Å². The molecule has 0 aromatic carbocycles. The number of aromatic nitrogens is 5. The Balaban J connectivity index is 1.27. The number of hydrogen-bond donors (Lipinski definition) is 2. The van der Waals surface area contributed by atoms with Gasteiger partial charge in [0.05, 0.1) is 59.3 Å². The highest BCUT2D eigenvalue weighted by Crippen LogP contribution is 2.31. The van der Waals surface area contributed by atoms with E-state index in [0.29, 0.717) is 48.2 Å². The van der Waals surface area contributed by atoms with Crippen molar-refractivity contribution in [2.75, 3.05) is 30.9 Å². The number of anilines is 2. The quantitative estimate of drug-likeness (QED) is 0.306. The Hall–Kier alpha value is -3.61. The molecule has 2 N–H and O–H groups in total. The lowest BCUT2D eigenvalue weighted by Crippen LogP contribution is -2.37. The molecule has 1 fully saturated rings. The Bertz CT molecular complexity index is 1470. The Morgan fingerprint density at radius 2 is 2.03 bits per heavy atom. The van der Waals surface area contributed by atoms with Gasteiger partial charge in [-0.2, -0.15) is 10.2 Å². The number of nitrogens with zero attached hydrogens (tertiary/aromatic N) is 6. The zero-order chi connectivity index (χ0) is 27.5. The molecule has 1 aliphatic rings. The molecule has 1 aliphatic heterocycles. The largest absolute Gasteiger partial charge is 0.383 e. The Morgan fingerprint density at radius 3 is 2.82 bits per heavy atom. The standard InChI is InChI=1S/C27H34N8O3S/c1-17(2)34-7-5-6-21(34)11-25(36)31-20-10-23(18(3)28-13-20)32-26(37)22-14-30-35-16-24(39-27(22)35)19-12-29-33(15-19)8-9-38-4/h10,12-17,21H,5-9,11H2,1-4H3,(H,31,36)(H,32,37)/t21-/m0/s1. The zero-order valence-electron chi connectivity index (χ0n) is 22.7. The van der Waals surface area contributed by atoms with Crippen LogP contribution in [0.4, 0.5) is 11.4 Å². The lowest BCUT2D eigenvalue weighted by molar-refractivity contribution is -0.117. The molecule has 1 atom stereocenters. The van der Waals surface area contributed by atoms with Gasteiger partial charge < -0.3 is 15.4 Å². The molecule has 4 aromatic heterocycles. The number of likely N-dealkylation sites (tertiary alicyclic amines) is 1. The molecule has 0 bridgehead atoms. The predicted molar refractivity (Wildman–Crippen MR) is 151 cm³/mol. The summed E-state index contributed by atoms with van der Waals surface area (Å²) < 4.78 is 8.64. The van der Waals surface area contributed by atoms with Gasteiger partial charge in [0, 0.05) is 43.6 Å². The van der Waals surface area contributed by atoms with E-state index in [1.54, 1.807) is 36.3 Å². The van der Waals surface area contributed by atoms with E-state index in [0.717, 1.165) is 34.7 Å². The number of ether oxygens (including phenoxy) is 1. The number of methoxy groups -OCH3 is 1. The zero-order valence-corrected chi connectivity index (χ0v) is 23.5. The second kappa shape index (κ2) is 11.6. The van der Waals surface area contributed by atoms with Gasteiger partial charge in [0.25, 0.3) is 5.91 Å². The lowest BCUT2D eigenvalue weighted by atomic mass is 10.1. The van der Waals surface area contributed by atoms with Crippen molar-refractivity contribution in [3.63, 3.8) is 0 Å². The fourth-order valence-corrected chi connectivity index (χ4v) is 6.01. The minimum atomic E-state index is -0.291. The molecule has 5 rings (SSSR count). The summed E-state index contributed by atoms with van der Waals surface area (Å²) in [6, 6.07) is 2.42. The van der Waals surface area contributed by atoms with Crippen LogP contribution in [0, 0.1) is 6.92 Å². The third-order valence-electron chi connectivity index (χ3n) is 7.01. The van der Waals surface area contributed by atoms with Crippen LogP contribution in [-0.4, -0.2) is 73.4 Å². The lowest BCUT2D eigenvalue weighted by Gasteiger charge is -2.27. The number of pyridine rings is 1. The van der Waals surface area contributed by atoms with Gasteiger partial charge in [-0.3, -0.25) is 24.2 Å². The smallest absolute Gasteiger partial charge is 0.260 e. The average molecular weight is 551 g/mol. The number of thiazole rings is 1. The summed E-state index contributed by atoms with van der Waals surface area (Å²) in [5.41, 5.74) is 3.16. The summed E-state index contributed by atoms with van der Waals surface area (Å²) in [5, 5.41) is 14.7. The monoisotopic (exact) mass is 550 g/mol. The molecule has 0 radical (unpaired) electrons. The highest BCUT2D eigenvalue weighted by molar-refractivity contribution is 7.21. The molecule has 0 saturated carbocycles. The van der Waals surface area contributed by atoms with E-state index in [1.807, 2.05) is 24.0 Å². The molecule has 2 amide bonds. The fourth-order valence-electron chi connectivity index (χ4n) is 4.97. The van der Waals surface area contributed by atoms with E-state index in [2.05, 4.69) is 44.6 Å². The molecular weight excluding hydrogens is 516 g/mol. The van der Waals surface area contributed by atoms with Crippen LogP contribution in [0.5, 0.6) is 0 Å². The average Bonchev–Trinajstić information content (AvgIpc) is 3.68. The van der Waals surface area contributed by atoms with E-state index < -0.39 is 0 Å². The molecule has 206 valence electrons. The van der Waals surface area contributed by atoms with Crippen LogP contribution in [0.15, 0.2) is 37.1 Å². The van der Waals surface area contributed by atoms with Crippen molar-refractivity contribution in [2.45, 2.75) is 58.7 Å². The van der Waals surface area contributed by atoms with Gasteiger partial charge in [-0.25, -0.2) is 4.52 Å². The second-order valence-corrected chi connectivity index (χ2v) is 11.1. The Labute approximate surface area is 231 Å². The highest BCUT2D eigenvalue weighted by Gasteiger charge is 2.28. The summed E-state index contributed by atoms with van der Waals surface area (Å²) in [5.74, 6) is -0.341. The van der Waals surface area contributed by atoms with E-state index in [9.17, 15) is 9.59 Å². The predicted octanol–water partition coefficient (Wildman–Crippen LogP) is 4.06. The fraction of sp³-hybridized carbons (Fsp3) is 0.444. The molecule has 12 heteroatoms. The summed E-state index contributed by atoms with van der Waals surface area (Å²) in [6.45, 7) is 8.42. The third kappa shape index (κ3) is 6.02. The number of aryl methyl sites for hydroxylation is 1. The third-order valence-corrected chi connectivity index (χ3v) is 8.17. The van der Waals surface area contributed by atoms with Gasteiger partial charge in [0.2, 0.25) is 5.91 Å². The van der Waals surface area contributed by atoms with E-state index in [4.69, 9.17) is 4.74 Å². The second-order valence-electron chi connectivity index (χ2n) is 10.1. The van der Waals surface area contributed by atoms with Gasteiger partial charge in [-0.1, -0.05) is 0 Å². The number of fused-ring (bicyclic) bond motifs is 1. The summed E-state index contributed by atoms with van der Waals surface area (Å²) in [6.07, 6.45) is 11.4. The highest BCUT2D eigenvalue weighted by atomic mass is 32.1. The first kappa shape index (κ1) is 27.0. The summed E-state index contributed by atoms with van der Waals surface area (Å²) >= 11 is 1.47. The Kier molecular flexibility index (Phi) is 8.05. The minimum Gasteiger partial charge on any atom is -0.383 e. The van der Waals surface area contributed by atoms with Gasteiger partial charge in [-0.15, -0.1) is 11.3 Å². The van der Waals surface area contributed by atoms with Crippen molar-refractivity contribution in [1.29, 1.82) is 0 Å². The number of hydrogen-bond acceptors (Lipinski definition) is 8. The van der Waals surface area contributed by atoms with Gasteiger partial charge in [0.1, 0.15) is 4.83 Å². The molecule has 0 spiro atoms. The molecular formula is C27H34N8O3S. The van der Waals surface area contributed by atoms with Gasteiger partial charge in [-0.05, 0) is 46.2 Å². The number of carbonyl (C=O) groups excluding carboxylic acids is 2. The summed E-state index contributed by atoms with van der Waals surface area (Å²) in [7, 11) is 1.66. The number of nitrogens with one attached hydrogen (secondary N) is 2.